The maximum Gasteiger partial charge on any atom is 0.254 e. The molecule has 0 unspecified atom stereocenters. The highest BCUT2D eigenvalue weighted by Gasteiger charge is 2.28. The summed E-state index contributed by atoms with van der Waals surface area (Å²) in [5.41, 5.74) is 5.31. The fraction of sp³-hybridized carbons (Fsp3) is 0.476. The van der Waals surface area contributed by atoms with E-state index in [0.29, 0.717) is 11.8 Å². The predicted molar refractivity (Wildman–Crippen MR) is 105 cm³/mol. The fourth-order valence-corrected chi connectivity index (χ4v) is 4.10. The number of hydrogen-bond acceptors (Lipinski definition) is 4. The molecule has 136 valence electrons. The zero-order valence-electron chi connectivity index (χ0n) is 15.9. The van der Waals surface area contributed by atoms with Crippen molar-refractivity contribution in [2.45, 2.75) is 58.9 Å². The lowest BCUT2D eigenvalue weighted by atomic mass is 9.90. The lowest BCUT2D eigenvalue weighted by molar-refractivity contribution is 0.464. The molecule has 1 fully saturated rings. The number of rotatable bonds is 4. The Morgan fingerprint density at radius 2 is 2.08 bits per heavy atom. The van der Waals surface area contributed by atoms with Crippen LogP contribution in [0.25, 0.3) is 5.78 Å². The number of piperidine rings is 1. The van der Waals surface area contributed by atoms with E-state index in [-0.39, 0.29) is 0 Å². The molecule has 5 heteroatoms. The number of nitrogens with zero attached hydrogens (tertiary/aromatic N) is 5. The first-order valence-corrected chi connectivity index (χ1v) is 9.71. The third kappa shape index (κ3) is 2.96. The molecular formula is C21H27N5. The van der Waals surface area contributed by atoms with Gasteiger partial charge in [0.25, 0.3) is 5.78 Å². The van der Waals surface area contributed by atoms with Crippen LogP contribution in [0.1, 0.15) is 61.0 Å². The Balaban J connectivity index is 1.83. The van der Waals surface area contributed by atoms with Crippen LogP contribution in [0.3, 0.4) is 0 Å². The molecule has 5 nitrogen and oxygen atoms in total. The molecule has 1 aromatic carbocycles. The molecule has 0 N–H and O–H groups in total. The van der Waals surface area contributed by atoms with Gasteiger partial charge in [0, 0.05) is 18.3 Å². The molecule has 1 aliphatic heterocycles. The van der Waals surface area contributed by atoms with Gasteiger partial charge in [-0.25, -0.2) is 4.98 Å². The van der Waals surface area contributed by atoms with Crippen LogP contribution >= 0.6 is 0 Å². The molecule has 1 aliphatic rings. The lowest BCUT2D eigenvalue weighted by Gasteiger charge is -2.38. The molecule has 0 amide bonds. The molecule has 1 saturated heterocycles. The van der Waals surface area contributed by atoms with Crippen LogP contribution in [-0.4, -0.2) is 26.1 Å². The molecule has 0 spiro atoms. The largest absolute Gasteiger partial charge is 0.349 e. The molecule has 26 heavy (non-hydrogen) atoms. The van der Waals surface area contributed by atoms with Crippen molar-refractivity contribution in [2.24, 2.45) is 0 Å². The van der Waals surface area contributed by atoms with Crippen LogP contribution in [0.15, 0.2) is 30.6 Å². The second kappa shape index (κ2) is 7.06. The van der Waals surface area contributed by atoms with Crippen LogP contribution < -0.4 is 4.90 Å². The van der Waals surface area contributed by atoms with Crippen LogP contribution in [0, 0.1) is 13.8 Å². The molecule has 0 saturated carbocycles. The third-order valence-corrected chi connectivity index (χ3v) is 5.59. The second-order valence-corrected chi connectivity index (χ2v) is 7.32. The number of aryl methyl sites for hydroxylation is 2. The molecular weight excluding hydrogens is 322 g/mol. The molecule has 3 aromatic rings. The van der Waals surface area contributed by atoms with Crippen molar-refractivity contribution in [3.63, 3.8) is 0 Å². The summed E-state index contributed by atoms with van der Waals surface area (Å²) in [4.78, 5) is 11.6. The van der Waals surface area contributed by atoms with Crippen LogP contribution in [0.5, 0.6) is 0 Å². The summed E-state index contributed by atoms with van der Waals surface area (Å²) in [5.74, 6) is 1.83. The summed E-state index contributed by atoms with van der Waals surface area (Å²) in [6.07, 6.45) is 7.31. The van der Waals surface area contributed by atoms with E-state index < -0.39 is 0 Å². The van der Waals surface area contributed by atoms with Gasteiger partial charge in [-0.2, -0.15) is 14.6 Å². The zero-order chi connectivity index (χ0) is 18.1. The molecule has 3 heterocycles. The maximum absolute atomic E-state index is 4.67. The van der Waals surface area contributed by atoms with E-state index in [2.05, 4.69) is 65.0 Å². The summed E-state index contributed by atoms with van der Waals surface area (Å²) in [6, 6.07) is 9.28. The van der Waals surface area contributed by atoms with E-state index in [4.69, 9.17) is 0 Å². The van der Waals surface area contributed by atoms with Gasteiger partial charge < -0.3 is 4.90 Å². The van der Waals surface area contributed by atoms with Crippen LogP contribution in [0.4, 0.5) is 5.82 Å². The second-order valence-electron chi connectivity index (χ2n) is 7.32. The van der Waals surface area contributed by atoms with E-state index in [9.17, 15) is 0 Å². The van der Waals surface area contributed by atoms with Crippen LogP contribution in [-0.2, 0) is 6.42 Å². The van der Waals surface area contributed by atoms with Gasteiger partial charge in [0.15, 0.2) is 0 Å². The van der Waals surface area contributed by atoms with Gasteiger partial charge in [-0.3, -0.25) is 0 Å². The minimum atomic E-state index is 0.382. The van der Waals surface area contributed by atoms with E-state index in [1.54, 1.807) is 6.33 Å². The van der Waals surface area contributed by atoms with Crippen molar-refractivity contribution in [1.29, 1.82) is 0 Å². The molecule has 4 rings (SSSR count). The van der Waals surface area contributed by atoms with Crippen molar-refractivity contribution in [3.8, 4) is 0 Å². The number of fused-ring (bicyclic) bond motifs is 1. The predicted octanol–water partition coefficient (Wildman–Crippen LogP) is 4.43. The van der Waals surface area contributed by atoms with Gasteiger partial charge >= 0.3 is 0 Å². The average Bonchev–Trinajstić information content (AvgIpc) is 3.12. The van der Waals surface area contributed by atoms with Crippen molar-refractivity contribution in [3.05, 3.63) is 53.0 Å². The topological polar surface area (TPSA) is 46.3 Å². The van der Waals surface area contributed by atoms with E-state index in [0.717, 1.165) is 30.9 Å². The number of benzene rings is 1. The summed E-state index contributed by atoms with van der Waals surface area (Å²) >= 11 is 0. The first-order valence-electron chi connectivity index (χ1n) is 9.71. The number of hydrogen-bond donors (Lipinski definition) is 0. The van der Waals surface area contributed by atoms with Crippen molar-refractivity contribution in [2.75, 3.05) is 11.4 Å². The third-order valence-electron chi connectivity index (χ3n) is 5.59. The smallest absolute Gasteiger partial charge is 0.254 e. The Hall–Kier alpha value is -2.43. The van der Waals surface area contributed by atoms with Crippen molar-refractivity contribution < 1.29 is 0 Å². The van der Waals surface area contributed by atoms with Gasteiger partial charge in [0.1, 0.15) is 12.1 Å². The Labute approximate surface area is 155 Å². The van der Waals surface area contributed by atoms with E-state index in [1.165, 1.54) is 36.0 Å². The highest BCUT2D eigenvalue weighted by atomic mass is 15.4. The fourth-order valence-electron chi connectivity index (χ4n) is 4.10. The number of aromatic nitrogens is 4. The van der Waals surface area contributed by atoms with E-state index >= 15 is 0 Å². The standard InChI is InChI=1S/C21H27N5/c1-4-8-17-13-20(26-21(24-17)22-14-23-26)25-12-6-5-11-19(25)18-10-7-9-15(2)16(18)3/h7,9-10,13-14,19H,4-6,8,11-12H2,1-3H3/t19-/m0/s1. The van der Waals surface area contributed by atoms with Gasteiger partial charge in [-0.15, -0.1) is 0 Å². The Kier molecular flexibility index (Phi) is 4.62. The minimum absolute atomic E-state index is 0.382. The van der Waals surface area contributed by atoms with Gasteiger partial charge in [-0.05, 0) is 56.2 Å². The first kappa shape index (κ1) is 17.0. The molecule has 0 radical (unpaired) electrons. The lowest BCUT2D eigenvalue weighted by Crippen LogP contribution is -2.35. The van der Waals surface area contributed by atoms with Gasteiger partial charge in [0.2, 0.25) is 0 Å². The van der Waals surface area contributed by atoms with Crippen molar-refractivity contribution in [1.82, 2.24) is 19.6 Å². The summed E-state index contributed by atoms with van der Waals surface area (Å²) in [5, 5.41) is 4.46. The van der Waals surface area contributed by atoms with Crippen molar-refractivity contribution >= 4 is 11.6 Å². The van der Waals surface area contributed by atoms with Gasteiger partial charge in [0.05, 0.1) is 6.04 Å². The minimum Gasteiger partial charge on any atom is -0.349 e. The normalized spacial score (nSPS) is 17.8. The summed E-state index contributed by atoms with van der Waals surface area (Å²) < 4.78 is 1.91. The Morgan fingerprint density at radius 3 is 2.92 bits per heavy atom. The zero-order valence-corrected chi connectivity index (χ0v) is 15.9. The Morgan fingerprint density at radius 1 is 1.19 bits per heavy atom. The first-order chi connectivity index (χ1) is 12.7. The number of anilines is 1. The average molecular weight is 349 g/mol. The quantitative estimate of drug-likeness (QED) is 0.699. The van der Waals surface area contributed by atoms with E-state index in [1.807, 2.05) is 4.52 Å². The molecule has 0 aliphatic carbocycles. The highest BCUT2D eigenvalue weighted by molar-refractivity contribution is 5.51. The highest BCUT2D eigenvalue weighted by Crippen LogP contribution is 2.37. The SMILES string of the molecule is CCCc1cc(N2CCCC[C@H]2c2cccc(C)c2C)n2ncnc2n1. The Bertz CT molecular complexity index is 914. The maximum atomic E-state index is 4.67. The van der Waals surface area contributed by atoms with Crippen LogP contribution in [0.2, 0.25) is 0 Å². The summed E-state index contributed by atoms with van der Waals surface area (Å²) in [7, 11) is 0. The monoisotopic (exact) mass is 349 g/mol. The summed E-state index contributed by atoms with van der Waals surface area (Å²) in [6.45, 7) is 7.68. The molecule has 2 aromatic heterocycles. The van der Waals surface area contributed by atoms with Gasteiger partial charge in [-0.1, -0.05) is 31.5 Å². The molecule has 0 bridgehead atoms. The molecule has 1 atom stereocenters.